The summed E-state index contributed by atoms with van der Waals surface area (Å²) in [7, 11) is 0. The second-order valence-corrected chi connectivity index (χ2v) is 4.90. The van der Waals surface area contributed by atoms with Gasteiger partial charge in [-0.2, -0.15) is 0 Å². The molecule has 0 spiro atoms. The van der Waals surface area contributed by atoms with Crippen molar-refractivity contribution < 1.29 is 0 Å². The molecule has 1 aliphatic heterocycles. The van der Waals surface area contributed by atoms with Crippen molar-refractivity contribution in [1.82, 2.24) is 0 Å². The fourth-order valence-corrected chi connectivity index (χ4v) is 2.86. The van der Waals surface area contributed by atoms with Gasteiger partial charge in [0, 0.05) is 5.71 Å². The van der Waals surface area contributed by atoms with Crippen molar-refractivity contribution in [2.24, 2.45) is 10.9 Å². The van der Waals surface area contributed by atoms with E-state index in [0.29, 0.717) is 6.04 Å². The summed E-state index contributed by atoms with van der Waals surface area (Å²) in [4.78, 5) is 4.87. The molecule has 1 aromatic carbocycles. The predicted octanol–water partition coefficient (Wildman–Crippen LogP) is 3.36. The molecule has 1 fully saturated rings. The van der Waals surface area contributed by atoms with Gasteiger partial charge in [-0.05, 0) is 37.7 Å². The molecule has 1 heterocycles. The lowest BCUT2D eigenvalue weighted by Gasteiger charge is -2.04. The zero-order valence-electron chi connectivity index (χ0n) is 9.24. The van der Waals surface area contributed by atoms with Gasteiger partial charge in [0.15, 0.2) is 0 Å². The topological polar surface area (TPSA) is 12.4 Å². The van der Waals surface area contributed by atoms with Crippen molar-refractivity contribution in [2.75, 3.05) is 0 Å². The maximum absolute atomic E-state index is 4.87. The summed E-state index contributed by atoms with van der Waals surface area (Å²) in [6.45, 7) is 2.13. The van der Waals surface area contributed by atoms with Crippen molar-refractivity contribution >= 4 is 5.71 Å². The molecule has 1 heteroatoms. The van der Waals surface area contributed by atoms with Gasteiger partial charge < -0.3 is 0 Å². The van der Waals surface area contributed by atoms with E-state index < -0.39 is 0 Å². The second kappa shape index (κ2) is 3.48. The Bertz CT molecular complexity index is 388. The van der Waals surface area contributed by atoms with E-state index >= 15 is 0 Å². The lowest BCUT2D eigenvalue weighted by Crippen LogP contribution is -2.04. The Kier molecular flexibility index (Phi) is 2.12. The minimum Gasteiger partial charge on any atom is -0.286 e. The van der Waals surface area contributed by atoms with E-state index in [4.69, 9.17) is 4.99 Å². The largest absolute Gasteiger partial charge is 0.286 e. The van der Waals surface area contributed by atoms with E-state index in [0.717, 1.165) is 5.92 Å². The number of hydrogen-bond acceptors (Lipinski definition) is 1. The summed E-state index contributed by atoms with van der Waals surface area (Å²) < 4.78 is 0. The molecule has 0 N–H and O–H groups in total. The summed E-state index contributed by atoms with van der Waals surface area (Å²) in [5.41, 5.74) is 4.03. The summed E-state index contributed by atoms with van der Waals surface area (Å²) >= 11 is 0. The van der Waals surface area contributed by atoms with Crippen molar-refractivity contribution in [1.29, 1.82) is 0 Å². The molecule has 1 nitrogen and oxygen atoms in total. The van der Waals surface area contributed by atoms with Gasteiger partial charge in [0.2, 0.25) is 0 Å². The minimum atomic E-state index is 0.654. The molecule has 0 radical (unpaired) electrons. The van der Waals surface area contributed by atoms with E-state index in [2.05, 4.69) is 31.2 Å². The summed E-state index contributed by atoms with van der Waals surface area (Å²) in [5.74, 6) is 0.862. The SMILES string of the molecule is Cc1ccc(C2=NC3CCCC3C2)cc1. The lowest BCUT2D eigenvalue weighted by molar-refractivity contribution is 0.536. The van der Waals surface area contributed by atoms with Crippen LogP contribution < -0.4 is 0 Å². The van der Waals surface area contributed by atoms with Crippen LogP contribution in [-0.4, -0.2) is 11.8 Å². The zero-order valence-corrected chi connectivity index (χ0v) is 9.24. The fraction of sp³-hybridized carbons (Fsp3) is 0.500. The standard InChI is InChI=1S/C14H17N/c1-10-5-7-11(8-6-10)14-9-12-3-2-4-13(12)15-14/h5-8,12-13H,2-4,9H2,1H3. The van der Waals surface area contributed by atoms with Crippen LogP contribution in [0.4, 0.5) is 0 Å². The third kappa shape index (κ3) is 1.60. The molecule has 0 aromatic heterocycles. The predicted molar refractivity (Wildman–Crippen MR) is 63.5 cm³/mol. The first-order chi connectivity index (χ1) is 7.33. The van der Waals surface area contributed by atoms with Gasteiger partial charge in [-0.25, -0.2) is 0 Å². The van der Waals surface area contributed by atoms with E-state index in [1.807, 2.05) is 0 Å². The molecule has 1 saturated carbocycles. The summed E-state index contributed by atoms with van der Waals surface area (Å²) in [6.07, 6.45) is 5.32. The highest BCUT2D eigenvalue weighted by molar-refractivity contribution is 6.02. The van der Waals surface area contributed by atoms with Crippen molar-refractivity contribution in [3.05, 3.63) is 35.4 Å². The highest BCUT2D eigenvalue weighted by Gasteiger charge is 2.33. The van der Waals surface area contributed by atoms with Crippen LogP contribution in [0.2, 0.25) is 0 Å². The molecule has 0 bridgehead atoms. The average Bonchev–Trinajstić information content (AvgIpc) is 2.78. The van der Waals surface area contributed by atoms with Gasteiger partial charge >= 0.3 is 0 Å². The molecule has 3 rings (SSSR count). The van der Waals surface area contributed by atoms with Crippen LogP contribution in [0.1, 0.15) is 36.8 Å². The number of benzene rings is 1. The first-order valence-electron chi connectivity index (χ1n) is 5.96. The Morgan fingerprint density at radius 2 is 1.93 bits per heavy atom. The zero-order chi connectivity index (χ0) is 10.3. The molecule has 1 aliphatic carbocycles. The lowest BCUT2D eigenvalue weighted by atomic mass is 9.98. The van der Waals surface area contributed by atoms with Gasteiger partial charge in [-0.3, -0.25) is 4.99 Å². The van der Waals surface area contributed by atoms with Crippen LogP contribution in [0, 0.1) is 12.8 Å². The van der Waals surface area contributed by atoms with Crippen molar-refractivity contribution in [3.63, 3.8) is 0 Å². The van der Waals surface area contributed by atoms with Gasteiger partial charge in [-0.15, -0.1) is 0 Å². The van der Waals surface area contributed by atoms with Crippen LogP contribution in [0.25, 0.3) is 0 Å². The molecule has 2 atom stereocenters. The highest BCUT2D eigenvalue weighted by atomic mass is 14.9. The van der Waals surface area contributed by atoms with E-state index in [1.165, 1.54) is 42.5 Å². The molecule has 2 aliphatic rings. The number of aliphatic imine (C=N–C) groups is 1. The van der Waals surface area contributed by atoms with Gasteiger partial charge in [0.05, 0.1) is 6.04 Å². The third-order valence-corrected chi connectivity index (χ3v) is 3.78. The number of hydrogen-bond donors (Lipinski definition) is 0. The smallest absolute Gasteiger partial charge is 0.0535 e. The van der Waals surface area contributed by atoms with Crippen LogP contribution >= 0.6 is 0 Å². The second-order valence-electron chi connectivity index (χ2n) is 4.90. The van der Waals surface area contributed by atoms with Gasteiger partial charge in [0.1, 0.15) is 0 Å². The molecule has 0 saturated heterocycles. The Hall–Kier alpha value is -1.11. The van der Waals surface area contributed by atoms with Crippen LogP contribution in [0.3, 0.4) is 0 Å². The maximum atomic E-state index is 4.87. The molecule has 2 unspecified atom stereocenters. The number of nitrogens with zero attached hydrogens (tertiary/aromatic N) is 1. The normalized spacial score (nSPS) is 29.0. The Morgan fingerprint density at radius 3 is 2.67 bits per heavy atom. The maximum Gasteiger partial charge on any atom is 0.0535 e. The monoisotopic (exact) mass is 199 g/mol. The van der Waals surface area contributed by atoms with Crippen LogP contribution in [0.15, 0.2) is 29.3 Å². The minimum absolute atomic E-state index is 0.654. The molecule has 0 amide bonds. The van der Waals surface area contributed by atoms with E-state index in [-0.39, 0.29) is 0 Å². The van der Waals surface area contributed by atoms with E-state index in [9.17, 15) is 0 Å². The highest BCUT2D eigenvalue weighted by Crippen LogP contribution is 2.37. The first-order valence-corrected chi connectivity index (χ1v) is 5.96. The average molecular weight is 199 g/mol. The third-order valence-electron chi connectivity index (χ3n) is 3.78. The van der Waals surface area contributed by atoms with Crippen LogP contribution in [0.5, 0.6) is 0 Å². The van der Waals surface area contributed by atoms with Crippen LogP contribution in [-0.2, 0) is 0 Å². The Morgan fingerprint density at radius 1 is 1.13 bits per heavy atom. The number of rotatable bonds is 1. The molecular formula is C14H17N. The molecule has 15 heavy (non-hydrogen) atoms. The molecule has 1 aromatic rings. The van der Waals surface area contributed by atoms with Crippen molar-refractivity contribution in [3.8, 4) is 0 Å². The Balaban J connectivity index is 1.87. The fourth-order valence-electron chi connectivity index (χ4n) is 2.86. The summed E-state index contributed by atoms with van der Waals surface area (Å²) in [6, 6.07) is 9.46. The first kappa shape index (κ1) is 9.14. The number of fused-ring (bicyclic) bond motifs is 1. The Labute approximate surface area is 91.2 Å². The molecular weight excluding hydrogens is 182 g/mol. The summed E-state index contributed by atoms with van der Waals surface area (Å²) in [5, 5.41) is 0. The van der Waals surface area contributed by atoms with Gasteiger partial charge in [0.25, 0.3) is 0 Å². The van der Waals surface area contributed by atoms with Gasteiger partial charge in [-0.1, -0.05) is 36.2 Å². The molecule has 78 valence electrons. The van der Waals surface area contributed by atoms with Crippen molar-refractivity contribution in [2.45, 2.75) is 38.6 Å². The van der Waals surface area contributed by atoms with E-state index in [1.54, 1.807) is 0 Å². The quantitative estimate of drug-likeness (QED) is 0.657. The number of aryl methyl sites for hydroxylation is 1.